The highest BCUT2D eigenvalue weighted by molar-refractivity contribution is 6.03. The molecular weight excluding hydrogens is 354 g/mol. The molecule has 1 aliphatic heterocycles. The predicted molar refractivity (Wildman–Crippen MR) is 113 cm³/mol. The van der Waals surface area contributed by atoms with Crippen LogP contribution in [0, 0.1) is 5.92 Å². The van der Waals surface area contributed by atoms with E-state index in [2.05, 4.69) is 6.92 Å². The lowest BCUT2D eigenvalue weighted by Gasteiger charge is -2.22. The van der Waals surface area contributed by atoms with Crippen molar-refractivity contribution in [2.24, 2.45) is 5.92 Å². The van der Waals surface area contributed by atoms with Crippen LogP contribution < -0.4 is 0 Å². The largest absolute Gasteiger partial charge is 0.447 e. The molecule has 2 atom stereocenters. The molecule has 0 aromatic heterocycles. The molecule has 1 rings (SSSR count). The predicted octanol–water partition coefficient (Wildman–Crippen LogP) is 5.61. The summed E-state index contributed by atoms with van der Waals surface area (Å²) in [6.45, 7) is 8.15. The van der Waals surface area contributed by atoms with Crippen LogP contribution in [0.2, 0.25) is 0 Å². The van der Waals surface area contributed by atoms with Crippen LogP contribution in [0.5, 0.6) is 0 Å². The standard InChI is InChI=1S/C23H41NO4/c1-5-6-7-8-9-10-11-12-13-14-20(25)16-15-19(4)22(26)24-21(18(2)3)17-28-23(24)27/h15,18,20-21,25H,5-14,16-17H2,1-4H3/b19-15+/t20-,21-/m1/s1. The van der Waals surface area contributed by atoms with E-state index in [1.165, 1.54) is 49.8 Å². The average Bonchev–Trinajstić information content (AvgIpc) is 3.05. The van der Waals surface area contributed by atoms with Crippen LogP contribution >= 0.6 is 0 Å². The monoisotopic (exact) mass is 395 g/mol. The summed E-state index contributed by atoms with van der Waals surface area (Å²) in [5.41, 5.74) is 0.496. The summed E-state index contributed by atoms with van der Waals surface area (Å²) in [6.07, 6.45) is 13.3. The van der Waals surface area contributed by atoms with E-state index in [1.807, 2.05) is 13.8 Å². The molecule has 162 valence electrons. The third-order valence-corrected chi connectivity index (χ3v) is 5.57. The number of cyclic esters (lactones) is 1. The topological polar surface area (TPSA) is 66.8 Å². The Balaban J connectivity index is 2.25. The fraction of sp³-hybridized carbons (Fsp3) is 0.826. The minimum atomic E-state index is -0.563. The number of hydrogen-bond acceptors (Lipinski definition) is 4. The molecule has 28 heavy (non-hydrogen) atoms. The third kappa shape index (κ3) is 8.76. The van der Waals surface area contributed by atoms with Gasteiger partial charge in [-0.1, -0.05) is 84.6 Å². The maximum Gasteiger partial charge on any atom is 0.417 e. The number of aliphatic hydroxyl groups excluding tert-OH is 1. The van der Waals surface area contributed by atoms with Gasteiger partial charge < -0.3 is 9.84 Å². The number of unbranched alkanes of at least 4 members (excludes halogenated alkanes) is 8. The van der Waals surface area contributed by atoms with E-state index in [1.54, 1.807) is 13.0 Å². The lowest BCUT2D eigenvalue weighted by molar-refractivity contribution is -0.125. The summed E-state index contributed by atoms with van der Waals surface area (Å²) in [4.78, 5) is 25.7. The highest BCUT2D eigenvalue weighted by Gasteiger charge is 2.39. The van der Waals surface area contributed by atoms with E-state index in [9.17, 15) is 14.7 Å². The first-order chi connectivity index (χ1) is 13.4. The van der Waals surface area contributed by atoms with Gasteiger partial charge in [-0.15, -0.1) is 0 Å². The van der Waals surface area contributed by atoms with E-state index in [0.717, 1.165) is 19.3 Å². The Morgan fingerprint density at radius 1 is 1.14 bits per heavy atom. The fourth-order valence-electron chi connectivity index (χ4n) is 3.56. The van der Waals surface area contributed by atoms with Gasteiger partial charge in [-0.3, -0.25) is 4.79 Å². The molecule has 0 aliphatic carbocycles. The van der Waals surface area contributed by atoms with Gasteiger partial charge >= 0.3 is 6.09 Å². The summed E-state index contributed by atoms with van der Waals surface area (Å²) in [5.74, 6) is -0.156. The highest BCUT2D eigenvalue weighted by Crippen LogP contribution is 2.22. The third-order valence-electron chi connectivity index (χ3n) is 5.57. The van der Waals surface area contributed by atoms with E-state index in [-0.39, 0.29) is 24.5 Å². The Morgan fingerprint density at radius 3 is 2.29 bits per heavy atom. The summed E-state index contributed by atoms with van der Waals surface area (Å²) >= 11 is 0. The second kappa shape index (κ2) is 13.8. The first-order valence-electron chi connectivity index (χ1n) is 11.2. The summed E-state index contributed by atoms with van der Waals surface area (Å²) in [6, 6.07) is -0.213. The highest BCUT2D eigenvalue weighted by atomic mass is 16.6. The zero-order valence-corrected chi connectivity index (χ0v) is 18.4. The Kier molecular flexibility index (Phi) is 12.1. The normalized spacial score (nSPS) is 18.6. The summed E-state index contributed by atoms with van der Waals surface area (Å²) in [7, 11) is 0. The molecular formula is C23H41NO4. The lowest BCUT2D eigenvalue weighted by Crippen LogP contribution is -2.42. The maximum absolute atomic E-state index is 12.6. The van der Waals surface area contributed by atoms with Crippen LogP contribution in [0.15, 0.2) is 11.6 Å². The van der Waals surface area contributed by atoms with Crippen LogP contribution in [-0.4, -0.2) is 40.8 Å². The first-order valence-corrected chi connectivity index (χ1v) is 11.2. The Labute approximate surface area is 171 Å². The van der Waals surface area contributed by atoms with Crippen molar-refractivity contribution < 1.29 is 19.4 Å². The van der Waals surface area contributed by atoms with Crippen molar-refractivity contribution in [3.63, 3.8) is 0 Å². The minimum Gasteiger partial charge on any atom is -0.447 e. The van der Waals surface area contributed by atoms with Gasteiger partial charge in [-0.25, -0.2) is 9.69 Å². The molecule has 0 saturated carbocycles. The fourth-order valence-corrected chi connectivity index (χ4v) is 3.56. The SMILES string of the molecule is CCCCCCCCCCC[C@@H](O)C/C=C(\C)C(=O)N1C(=O)OC[C@@H]1C(C)C. The van der Waals surface area contributed by atoms with Gasteiger partial charge in [-0.05, 0) is 25.7 Å². The zero-order valence-electron chi connectivity index (χ0n) is 18.4. The summed E-state index contributed by atoms with van der Waals surface area (Å²) in [5, 5.41) is 10.2. The van der Waals surface area contributed by atoms with Crippen LogP contribution in [0.1, 0.15) is 98.3 Å². The maximum atomic E-state index is 12.6. The molecule has 1 N–H and O–H groups in total. The van der Waals surface area contributed by atoms with Crippen molar-refractivity contribution in [3.05, 3.63) is 11.6 Å². The summed E-state index contributed by atoms with van der Waals surface area (Å²) < 4.78 is 5.04. The lowest BCUT2D eigenvalue weighted by atomic mass is 10.0. The molecule has 1 heterocycles. The van der Waals surface area contributed by atoms with E-state index in [4.69, 9.17) is 4.74 Å². The number of aliphatic hydroxyl groups is 1. The van der Waals surface area contributed by atoms with Crippen LogP contribution in [0.3, 0.4) is 0 Å². The van der Waals surface area contributed by atoms with Gasteiger partial charge in [0.1, 0.15) is 6.61 Å². The molecule has 1 aliphatic rings. The molecule has 5 nitrogen and oxygen atoms in total. The molecule has 0 unspecified atom stereocenters. The molecule has 1 saturated heterocycles. The average molecular weight is 396 g/mol. The van der Waals surface area contributed by atoms with Crippen molar-refractivity contribution in [2.75, 3.05) is 6.61 Å². The van der Waals surface area contributed by atoms with Gasteiger partial charge in [0.05, 0.1) is 12.1 Å². The second-order valence-corrected chi connectivity index (χ2v) is 8.46. The number of hydrogen-bond donors (Lipinski definition) is 1. The van der Waals surface area contributed by atoms with E-state index < -0.39 is 12.2 Å². The van der Waals surface area contributed by atoms with Crippen molar-refractivity contribution in [1.29, 1.82) is 0 Å². The quantitative estimate of drug-likeness (QED) is 0.307. The molecule has 0 aromatic rings. The van der Waals surface area contributed by atoms with Crippen LogP contribution in [-0.2, 0) is 9.53 Å². The Morgan fingerprint density at radius 2 is 1.71 bits per heavy atom. The van der Waals surface area contributed by atoms with E-state index >= 15 is 0 Å². The van der Waals surface area contributed by atoms with Gasteiger partial charge in [0.15, 0.2) is 0 Å². The first kappa shape index (κ1) is 24.7. The van der Waals surface area contributed by atoms with Gasteiger partial charge in [0.25, 0.3) is 5.91 Å². The molecule has 0 spiro atoms. The van der Waals surface area contributed by atoms with E-state index in [0.29, 0.717) is 12.0 Å². The molecule has 1 fully saturated rings. The van der Waals surface area contributed by atoms with Gasteiger partial charge in [0, 0.05) is 5.57 Å². The molecule has 0 aromatic carbocycles. The number of ether oxygens (including phenoxy) is 1. The Hall–Kier alpha value is -1.36. The second-order valence-electron chi connectivity index (χ2n) is 8.46. The van der Waals surface area contributed by atoms with Crippen molar-refractivity contribution >= 4 is 12.0 Å². The van der Waals surface area contributed by atoms with Crippen LogP contribution in [0.25, 0.3) is 0 Å². The van der Waals surface area contributed by atoms with Crippen molar-refractivity contribution in [3.8, 4) is 0 Å². The molecule has 0 radical (unpaired) electrons. The van der Waals surface area contributed by atoms with Gasteiger partial charge in [-0.2, -0.15) is 0 Å². The smallest absolute Gasteiger partial charge is 0.417 e. The van der Waals surface area contributed by atoms with Gasteiger partial charge in [0.2, 0.25) is 0 Å². The van der Waals surface area contributed by atoms with Crippen molar-refractivity contribution in [2.45, 2.75) is 110 Å². The number of amides is 2. The van der Waals surface area contributed by atoms with Crippen molar-refractivity contribution in [1.82, 2.24) is 4.90 Å². The molecule has 2 amide bonds. The molecule has 0 bridgehead atoms. The van der Waals surface area contributed by atoms with Crippen LogP contribution in [0.4, 0.5) is 4.79 Å². The number of imide groups is 1. The number of carbonyl (C=O) groups excluding carboxylic acids is 2. The number of carbonyl (C=O) groups is 2. The minimum absolute atomic E-state index is 0.153. The zero-order chi connectivity index (χ0) is 20.9. The Bertz CT molecular complexity index is 501. The number of rotatable bonds is 14. The number of nitrogens with zero attached hydrogens (tertiary/aromatic N) is 1. The molecule has 5 heteroatoms.